The number of likely N-dealkylation sites (tertiary alicyclic amines) is 1. The first kappa shape index (κ1) is 13.5. The molecule has 0 spiro atoms. The molecule has 1 aromatic rings. The van der Waals surface area contributed by atoms with Crippen LogP contribution in [0.25, 0.3) is 0 Å². The summed E-state index contributed by atoms with van der Waals surface area (Å²) in [5, 5.41) is 12.2. The van der Waals surface area contributed by atoms with Crippen LogP contribution in [-0.4, -0.2) is 30.6 Å². The molecule has 3 rings (SSSR count). The Morgan fingerprint density at radius 3 is 2.95 bits per heavy atom. The van der Waals surface area contributed by atoms with Crippen molar-refractivity contribution in [3.05, 3.63) is 35.1 Å². The minimum atomic E-state index is -0.381. The molecule has 1 atom stereocenters. The van der Waals surface area contributed by atoms with E-state index in [1.54, 1.807) is 12.1 Å². The summed E-state index contributed by atoms with van der Waals surface area (Å²) in [7, 11) is 0. The summed E-state index contributed by atoms with van der Waals surface area (Å²) in [5.41, 5.74) is 0.714. The van der Waals surface area contributed by atoms with Gasteiger partial charge in [-0.25, -0.2) is 4.39 Å². The van der Waals surface area contributed by atoms with Gasteiger partial charge in [-0.05, 0) is 44.3 Å². The highest BCUT2D eigenvalue weighted by atomic mass is 19.1. The monoisotopic (exact) mass is 273 g/mol. The number of nitrogens with one attached hydrogen (secondary N) is 1. The molecule has 0 bridgehead atoms. The Morgan fingerprint density at radius 2 is 2.20 bits per heavy atom. The Bertz CT molecular complexity index is 519. The number of rotatable bonds is 5. The van der Waals surface area contributed by atoms with Gasteiger partial charge in [0.05, 0.1) is 5.56 Å². The molecule has 1 aromatic carbocycles. The average Bonchev–Trinajstić information content (AvgIpc) is 3.21. The minimum Gasteiger partial charge on any atom is -0.312 e. The molecule has 1 unspecified atom stereocenters. The van der Waals surface area contributed by atoms with Crippen LogP contribution in [-0.2, 0) is 6.54 Å². The van der Waals surface area contributed by atoms with Crippen molar-refractivity contribution in [1.82, 2.24) is 10.2 Å². The molecule has 2 aliphatic rings. The van der Waals surface area contributed by atoms with E-state index in [4.69, 9.17) is 5.26 Å². The second kappa shape index (κ2) is 5.90. The fraction of sp³-hybridized carbons (Fsp3) is 0.562. The van der Waals surface area contributed by atoms with E-state index >= 15 is 0 Å². The molecule has 1 saturated heterocycles. The maximum atomic E-state index is 13.9. The summed E-state index contributed by atoms with van der Waals surface area (Å²) in [6.07, 6.45) is 3.98. The smallest absolute Gasteiger partial charge is 0.145 e. The third kappa shape index (κ3) is 3.00. The number of halogens is 1. The van der Waals surface area contributed by atoms with E-state index in [1.165, 1.54) is 38.4 Å². The van der Waals surface area contributed by atoms with Crippen molar-refractivity contribution in [2.24, 2.45) is 5.92 Å². The molecule has 2 fully saturated rings. The number of hydrogen-bond acceptors (Lipinski definition) is 3. The van der Waals surface area contributed by atoms with Gasteiger partial charge in [0.15, 0.2) is 0 Å². The number of nitriles is 1. The van der Waals surface area contributed by atoms with E-state index in [1.807, 2.05) is 6.07 Å². The molecule has 0 amide bonds. The lowest BCUT2D eigenvalue weighted by atomic mass is 10.1. The highest BCUT2D eigenvalue weighted by Crippen LogP contribution is 2.31. The lowest BCUT2D eigenvalue weighted by molar-refractivity contribution is 0.311. The third-order valence-corrected chi connectivity index (χ3v) is 4.33. The normalized spacial score (nSPS) is 22.9. The van der Waals surface area contributed by atoms with E-state index in [2.05, 4.69) is 10.2 Å². The third-order valence-electron chi connectivity index (χ3n) is 4.33. The Labute approximate surface area is 119 Å². The molecule has 106 valence electrons. The van der Waals surface area contributed by atoms with Crippen molar-refractivity contribution < 1.29 is 4.39 Å². The second-order valence-corrected chi connectivity index (χ2v) is 5.90. The van der Waals surface area contributed by atoms with Crippen molar-refractivity contribution >= 4 is 0 Å². The van der Waals surface area contributed by atoms with Crippen LogP contribution in [0.3, 0.4) is 0 Å². The Balaban J connectivity index is 1.47. The van der Waals surface area contributed by atoms with E-state index in [0.29, 0.717) is 18.0 Å². The maximum Gasteiger partial charge on any atom is 0.145 e. The van der Waals surface area contributed by atoms with Gasteiger partial charge in [0.2, 0.25) is 0 Å². The molecule has 1 heterocycles. The zero-order chi connectivity index (χ0) is 13.9. The first-order valence-corrected chi connectivity index (χ1v) is 7.40. The van der Waals surface area contributed by atoms with Gasteiger partial charge in [0, 0.05) is 24.7 Å². The molecule has 0 aromatic heterocycles. The number of hydrogen-bond donors (Lipinski definition) is 1. The van der Waals surface area contributed by atoms with E-state index in [0.717, 1.165) is 12.6 Å². The molecule has 20 heavy (non-hydrogen) atoms. The molecule has 1 N–H and O–H groups in total. The van der Waals surface area contributed by atoms with E-state index in [-0.39, 0.29) is 11.4 Å². The number of benzene rings is 1. The highest BCUT2D eigenvalue weighted by molar-refractivity contribution is 5.34. The predicted molar refractivity (Wildman–Crippen MR) is 75.5 cm³/mol. The molecule has 1 aliphatic carbocycles. The molecule has 3 nitrogen and oxygen atoms in total. The fourth-order valence-electron chi connectivity index (χ4n) is 3.01. The van der Waals surface area contributed by atoms with Gasteiger partial charge >= 0.3 is 0 Å². The van der Waals surface area contributed by atoms with Crippen LogP contribution < -0.4 is 5.32 Å². The summed E-state index contributed by atoms with van der Waals surface area (Å²) < 4.78 is 13.9. The Hall–Kier alpha value is -1.44. The summed E-state index contributed by atoms with van der Waals surface area (Å²) in [6.45, 7) is 3.83. The SMILES string of the molecule is N#Cc1cccc(CNCC2CCN(C3CC3)C2)c1F. The zero-order valence-electron chi connectivity index (χ0n) is 11.6. The molecular formula is C16H20FN3. The Kier molecular flexibility index (Phi) is 4.00. The van der Waals surface area contributed by atoms with Crippen molar-refractivity contribution in [2.75, 3.05) is 19.6 Å². The van der Waals surface area contributed by atoms with Crippen molar-refractivity contribution in [3.63, 3.8) is 0 Å². The van der Waals surface area contributed by atoms with Crippen molar-refractivity contribution in [3.8, 4) is 6.07 Å². The van der Waals surface area contributed by atoms with Crippen LogP contribution in [0.15, 0.2) is 18.2 Å². The van der Waals surface area contributed by atoms with Gasteiger partial charge in [0.25, 0.3) is 0 Å². The first-order chi connectivity index (χ1) is 9.78. The molecule has 1 aliphatic heterocycles. The van der Waals surface area contributed by atoms with Gasteiger partial charge < -0.3 is 10.2 Å². The van der Waals surface area contributed by atoms with Crippen LogP contribution in [0.2, 0.25) is 0 Å². The summed E-state index contributed by atoms with van der Waals surface area (Å²) >= 11 is 0. The minimum absolute atomic E-state index is 0.130. The van der Waals surface area contributed by atoms with Crippen molar-refractivity contribution in [2.45, 2.75) is 31.8 Å². The van der Waals surface area contributed by atoms with Crippen LogP contribution >= 0.6 is 0 Å². The van der Waals surface area contributed by atoms with Gasteiger partial charge in [-0.15, -0.1) is 0 Å². The van der Waals surface area contributed by atoms with Crippen molar-refractivity contribution in [1.29, 1.82) is 5.26 Å². The average molecular weight is 273 g/mol. The quantitative estimate of drug-likeness (QED) is 0.894. The van der Waals surface area contributed by atoms with Crippen LogP contribution in [0.1, 0.15) is 30.4 Å². The van der Waals surface area contributed by atoms with E-state index in [9.17, 15) is 4.39 Å². The second-order valence-electron chi connectivity index (χ2n) is 5.90. The van der Waals surface area contributed by atoms with Gasteiger partial charge in [-0.1, -0.05) is 12.1 Å². The fourth-order valence-corrected chi connectivity index (χ4v) is 3.01. The topological polar surface area (TPSA) is 39.1 Å². The molecule has 1 saturated carbocycles. The van der Waals surface area contributed by atoms with Gasteiger partial charge in [-0.3, -0.25) is 0 Å². The van der Waals surface area contributed by atoms with Gasteiger partial charge in [-0.2, -0.15) is 5.26 Å². The van der Waals surface area contributed by atoms with E-state index < -0.39 is 0 Å². The molecular weight excluding hydrogens is 253 g/mol. The van der Waals surface area contributed by atoms with Crippen LogP contribution in [0, 0.1) is 23.1 Å². The molecule has 4 heteroatoms. The first-order valence-electron chi connectivity index (χ1n) is 7.40. The summed E-state index contributed by atoms with van der Waals surface area (Å²) in [4.78, 5) is 2.59. The van der Waals surface area contributed by atoms with Crippen LogP contribution in [0.5, 0.6) is 0 Å². The molecule has 0 radical (unpaired) electrons. The standard InChI is InChI=1S/C16H20FN3/c17-16-13(8-18)2-1-3-14(16)10-19-9-12-6-7-20(11-12)15-4-5-15/h1-3,12,15,19H,4-7,9-11H2. The lowest BCUT2D eigenvalue weighted by Crippen LogP contribution is -2.27. The van der Waals surface area contributed by atoms with Gasteiger partial charge in [0.1, 0.15) is 11.9 Å². The zero-order valence-corrected chi connectivity index (χ0v) is 11.6. The summed E-state index contributed by atoms with van der Waals surface area (Å²) in [6, 6.07) is 7.74. The maximum absolute atomic E-state index is 13.9. The Morgan fingerprint density at radius 1 is 1.35 bits per heavy atom. The highest BCUT2D eigenvalue weighted by Gasteiger charge is 2.33. The largest absolute Gasteiger partial charge is 0.312 e. The number of nitrogens with zero attached hydrogens (tertiary/aromatic N) is 2. The lowest BCUT2D eigenvalue weighted by Gasteiger charge is -2.15. The predicted octanol–water partition coefficient (Wildman–Crippen LogP) is 2.27. The van der Waals surface area contributed by atoms with Crippen LogP contribution in [0.4, 0.5) is 4.39 Å². The summed E-state index contributed by atoms with van der Waals surface area (Å²) in [5.74, 6) is 0.298.